The second-order valence-electron chi connectivity index (χ2n) is 5.61. The molecular formula is C17H18N4. The lowest BCUT2D eigenvalue weighted by molar-refractivity contribution is 0.453. The van der Waals surface area contributed by atoms with Crippen LogP contribution in [0.4, 0.5) is 0 Å². The molecule has 1 saturated heterocycles. The van der Waals surface area contributed by atoms with Crippen LogP contribution in [-0.4, -0.2) is 28.3 Å². The highest BCUT2D eigenvalue weighted by molar-refractivity contribution is 5.93. The number of piperidine rings is 1. The Morgan fingerprint density at radius 3 is 2.81 bits per heavy atom. The van der Waals surface area contributed by atoms with Crippen molar-refractivity contribution in [3.05, 3.63) is 48.3 Å². The predicted octanol–water partition coefficient (Wildman–Crippen LogP) is 3.09. The number of H-pyrrole nitrogens is 1. The molecule has 1 aliphatic rings. The van der Waals surface area contributed by atoms with Crippen molar-refractivity contribution < 1.29 is 0 Å². The number of aromatic nitrogens is 3. The first-order valence-corrected chi connectivity index (χ1v) is 7.52. The summed E-state index contributed by atoms with van der Waals surface area (Å²) in [4.78, 5) is 4.42. The minimum atomic E-state index is 0.598. The Bertz CT molecular complexity index is 751. The molecule has 4 heteroatoms. The second-order valence-corrected chi connectivity index (χ2v) is 5.61. The Kier molecular flexibility index (Phi) is 3.16. The van der Waals surface area contributed by atoms with Gasteiger partial charge in [-0.15, -0.1) is 0 Å². The number of benzene rings is 1. The molecule has 0 atom stereocenters. The highest BCUT2D eigenvalue weighted by Gasteiger charge is 2.18. The second kappa shape index (κ2) is 5.30. The number of hydrogen-bond acceptors (Lipinski definition) is 3. The van der Waals surface area contributed by atoms with Crippen LogP contribution in [0, 0.1) is 0 Å². The van der Waals surface area contributed by atoms with Gasteiger partial charge >= 0.3 is 0 Å². The Morgan fingerprint density at radius 2 is 1.90 bits per heavy atom. The fraction of sp³-hybridized carbons (Fsp3) is 0.294. The highest BCUT2D eigenvalue weighted by atomic mass is 15.1. The zero-order valence-corrected chi connectivity index (χ0v) is 11.8. The zero-order valence-electron chi connectivity index (χ0n) is 11.8. The normalized spacial score (nSPS) is 16.4. The molecule has 1 aliphatic heterocycles. The minimum Gasteiger partial charge on any atom is -0.317 e. The van der Waals surface area contributed by atoms with Crippen LogP contribution in [0.1, 0.15) is 24.5 Å². The van der Waals surface area contributed by atoms with Crippen LogP contribution < -0.4 is 5.32 Å². The third-order valence-corrected chi connectivity index (χ3v) is 4.30. The van der Waals surface area contributed by atoms with Gasteiger partial charge in [0.1, 0.15) is 0 Å². The van der Waals surface area contributed by atoms with Crippen LogP contribution in [0.15, 0.2) is 42.6 Å². The number of rotatable bonds is 2. The zero-order chi connectivity index (χ0) is 14.1. The lowest BCUT2D eigenvalue weighted by atomic mass is 9.94. The monoisotopic (exact) mass is 278 g/mol. The van der Waals surface area contributed by atoms with Crippen LogP contribution in [0.25, 0.3) is 22.2 Å². The van der Waals surface area contributed by atoms with Gasteiger partial charge in [-0.25, -0.2) is 0 Å². The van der Waals surface area contributed by atoms with E-state index in [4.69, 9.17) is 0 Å². The van der Waals surface area contributed by atoms with Crippen LogP contribution >= 0.6 is 0 Å². The largest absolute Gasteiger partial charge is 0.317 e. The third kappa shape index (κ3) is 2.32. The van der Waals surface area contributed by atoms with Crippen molar-refractivity contribution in [2.24, 2.45) is 0 Å². The van der Waals surface area contributed by atoms with E-state index < -0.39 is 0 Å². The maximum atomic E-state index is 4.54. The topological polar surface area (TPSA) is 53.6 Å². The van der Waals surface area contributed by atoms with Crippen LogP contribution in [0.2, 0.25) is 0 Å². The summed E-state index contributed by atoms with van der Waals surface area (Å²) in [7, 11) is 0. The average Bonchev–Trinajstić information content (AvgIpc) is 3.05. The van der Waals surface area contributed by atoms with Crippen LogP contribution in [0.3, 0.4) is 0 Å². The highest BCUT2D eigenvalue weighted by Crippen LogP contribution is 2.30. The standard InChI is InChI=1S/C17H18N4/c1-2-4-15-13(3-1)14(7-10-19-15)17-11-16(20-21-17)12-5-8-18-9-6-12/h1-4,7,10-12,18H,5-6,8-9H2,(H,20,21). The van der Waals surface area contributed by atoms with Crippen molar-refractivity contribution in [1.29, 1.82) is 0 Å². The molecule has 0 radical (unpaired) electrons. The van der Waals surface area contributed by atoms with E-state index in [1.165, 1.54) is 18.5 Å². The minimum absolute atomic E-state index is 0.598. The number of nitrogens with one attached hydrogen (secondary N) is 2. The third-order valence-electron chi connectivity index (χ3n) is 4.30. The Balaban J connectivity index is 1.74. The Labute approximate surface area is 123 Å². The van der Waals surface area contributed by atoms with Crippen molar-refractivity contribution in [2.75, 3.05) is 13.1 Å². The van der Waals surface area contributed by atoms with Crippen molar-refractivity contribution in [3.63, 3.8) is 0 Å². The molecule has 21 heavy (non-hydrogen) atoms. The number of pyridine rings is 1. The first kappa shape index (κ1) is 12.5. The summed E-state index contributed by atoms with van der Waals surface area (Å²) < 4.78 is 0. The van der Waals surface area contributed by atoms with E-state index >= 15 is 0 Å². The molecule has 2 N–H and O–H groups in total. The molecule has 2 aromatic heterocycles. The van der Waals surface area contributed by atoms with Crippen LogP contribution in [0.5, 0.6) is 0 Å². The van der Waals surface area contributed by atoms with Gasteiger partial charge in [0.2, 0.25) is 0 Å². The molecule has 0 unspecified atom stereocenters. The van der Waals surface area contributed by atoms with E-state index in [9.17, 15) is 0 Å². The lowest BCUT2D eigenvalue weighted by Crippen LogP contribution is -2.26. The predicted molar refractivity (Wildman–Crippen MR) is 84.2 cm³/mol. The fourth-order valence-electron chi connectivity index (χ4n) is 3.14. The van der Waals surface area contributed by atoms with Gasteiger partial charge in [0.25, 0.3) is 0 Å². The first-order valence-electron chi connectivity index (χ1n) is 7.52. The summed E-state index contributed by atoms with van der Waals surface area (Å²) in [5.41, 5.74) is 4.44. The van der Waals surface area contributed by atoms with E-state index in [0.29, 0.717) is 5.92 Å². The van der Waals surface area contributed by atoms with Gasteiger partial charge in [-0.2, -0.15) is 5.10 Å². The fourth-order valence-corrected chi connectivity index (χ4v) is 3.14. The van der Waals surface area contributed by atoms with E-state index in [-0.39, 0.29) is 0 Å². The summed E-state index contributed by atoms with van der Waals surface area (Å²) in [5, 5.41) is 12.3. The Morgan fingerprint density at radius 1 is 1.05 bits per heavy atom. The first-order chi connectivity index (χ1) is 10.4. The molecule has 4 nitrogen and oxygen atoms in total. The van der Waals surface area contributed by atoms with Crippen molar-refractivity contribution in [3.8, 4) is 11.3 Å². The van der Waals surface area contributed by atoms with E-state index in [2.05, 4.69) is 32.6 Å². The van der Waals surface area contributed by atoms with Gasteiger partial charge in [-0.3, -0.25) is 10.1 Å². The maximum Gasteiger partial charge on any atom is 0.0931 e. The summed E-state index contributed by atoms with van der Waals surface area (Å²) >= 11 is 0. The number of hydrogen-bond donors (Lipinski definition) is 2. The van der Waals surface area contributed by atoms with Gasteiger partial charge in [0.15, 0.2) is 0 Å². The number of para-hydroxylation sites is 1. The van der Waals surface area contributed by atoms with Crippen molar-refractivity contribution >= 4 is 10.9 Å². The van der Waals surface area contributed by atoms with Gasteiger partial charge < -0.3 is 5.32 Å². The molecule has 0 bridgehead atoms. The molecule has 3 heterocycles. The summed E-state index contributed by atoms with van der Waals surface area (Å²) in [6, 6.07) is 12.5. The molecule has 1 fully saturated rings. The number of nitrogens with zero attached hydrogens (tertiary/aromatic N) is 2. The molecule has 3 aromatic rings. The van der Waals surface area contributed by atoms with Gasteiger partial charge in [0.05, 0.1) is 11.2 Å². The average molecular weight is 278 g/mol. The van der Waals surface area contributed by atoms with Crippen molar-refractivity contribution in [2.45, 2.75) is 18.8 Å². The van der Waals surface area contributed by atoms with Gasteiger partial charge in [-0.1, -0.05) is 18.2 Å². The van der Waals surface area contributed by atoms with Gasteiger partial charge in [-0.05, 0) is 44.1 Å². The molecular weight excluding hydrogens is 260 g/mol. The smallest absolute Gasteiger partial charge is 0.0931 e. The molecule has 1 aromatic carbocycles. The van der Waals surface area contributed by atoms with Crippen LogP contribution in [-0.2, 0) is 0 Å². The number of aromatic amines is 1. The van der Waals surface area contributed by atoms with E-state index in [1.807, 2.05) is 30.5 Å². The summed E-state index contributed by atoms with van der Waals surface area (Å²) in [6.45, 7) is 2.19. The molecule has 0 spiro atoms. The molecule has 0 aliphatic carbocycles. The van der Waals surface area contributed by atoms with Crippen molar-refractivity contribution in [1.82, 2.24) is 20.5 Å². The van der Waals surface area contributed by atoms with E-state index in [0.717, 1.165) is 35.2 Å². The quantitative estimate of drug-likeness (QED) is 0.757. The summed E-state index contributed by atoms with van der Waals surface area (Å²) in [6.07, 6.45) is 4.22. The lowest BCUT2D eigenvalue weighted by Gasteiger charge is -2.20. The maximum absolute atomic E-state index is 4.54. The van der Waals surface area contributed by atoms with E-state index in [1.54, 1.807) is 0 Å². The SMILES string of the molecule is c1ccc2c(-c3cc(C4CCNCC4)[nH]n3)ccnc2c1. The summed E-state index contributed by atoms with van der Waals surface area (Å²) in [5.74, 6) is 0.598. The molecule has 0 saturated carbocycles. The molecule has 0 amide bonds. The Hall–Kier alpha value is -2.20. The van der Waals surface area contributed by atoms with Gasteiger partial charge in [0, 0.05) is 28.8 Å². The molecule has 4 rings (SSSR count). The molecule has 106 valence electrons. The number of fused-ring (bicyclic) bond motifs is 1.